The summed E-state index contributed by atoms with van der Waals surface area (Å²) >= 11 is 0. The van der Waals surface area contributed by atoms with Crippen molar-refractivity contribution >= 4 is 28.3 Å². The zero-order valence-electron chi connectivity index (χ0n) is 14.0. The van der Waals surface area contributed by atoms with Crippen LogP contribution in [-0.2, 0) is 4.74 Å². The molecule has 0 saturated carbocycles. The van der Waals surface area contributed by atoms with Crippen LogP contribution >= 0.6 is 0 Å². The Kier molecular flexibility index (Phi) is 5.53. The van der Waals surface area contributed by atoms with Gasteiger partial charge in [-0.2, -0.15) is 0 Å². The van der Waals surface area contributed by atoms with Crippen LogP contribution in [-0.4, -0.2) is 36.1 Å². The molecule has 0 bridgehead atoms. The molecular weight excluding hydrogens is 316 g/mol. The Labute approximate surface area is 146 Å². The van der Waals surface area contributed by atoms with Gasteiger partial charge >= 0.3 is 0 Å². The van der Waals surface area contributed by atoms with Gasteiger partial charge in [-0.1, -0.05) is 30.3 Å². The number of carbonyl (C=O) groups excluding carboxylic acids is 1. The number of nitrogens with zero attached hydrogens (tertiary/aromatic N) is 2. The van der Waals surface area contributed by atoms with Gasteiger partial charge in [0.2, 0.25) is 5.82 Å². The molecule has 128 valence electrons. The highest BCUT2D eigenvalue weighted by Gasteiger charge is 2.13. The topological polar surface area (TPSA) is 76.1 Å². The van der Waals surface area contributed by atoms with E-state index in [1.807, 2.05) is 54.6 Å². The Morgan fingerprint density at radius 3 is 2.60 bits per heavy atom. The maximum absolute atomic E-state index is 12.4. The Hall–Kier alpha value is -2.99. The van der Waals surface area contributed by atoms with Crippen LogP contribution in [0.15, 0.2) is 54.6 Å². The normalized spacial score (nSPS) is 10.6. The standard InChI is InChI=1S/C19H20N4O2/c1-25-13-7-12-20-19(24)18-22-16-11-6-5-10-15(16)17(23-18)21-14-8-3-2-4-9-14/h2-6,8-11H,7,12-13H2,1H3,(H,20,24)(H,21,22,23). The molecule has 0 radical (unpaired) electrons. The number of anilines is 2. The first-order chi connectivity index (χ1) is 12.3. The molecule has 2 N–H and O–H groups in total. The summed E-state index contributed by atoms with van der Waals surface area (Å²) in [6.07, 6.45) is 0.741. The Morgan fingerprint density at radius 2 is 1.80 bits per heavy atom. The number of nitrogens with one attached hydrogen (secondary N) is 2. The van der Waals surface area contributed by atoms with Crippen molar-refractivity contribution in [3.63, 3.8) is 0 Å². The highest BCUT2D eigenvalue weighted by molar-refractivity contribution is 5.97. The lowest BCUT2D eigenvalue weighted by Gasteiger charge is -2.11. The molecule has 6 nitrogen and oxygen atoms in total. The monoisotopic (exact) mass is 336 g/mol. The van der Waals surface area contributed by atoms with E-state index >= 15 is 0 Å². The molecule has 0 saturated heterocycles. The first kappa shape index (κ1) is 16.9. The van der Waals surface area contributed by atoms with Crippen molar-refractivity contribution in [1.29, 1.82) is 0 Å². The van der Waals surface area contributed by atoms with Gasteiger partial charge in [-0.15, -0.1) is 0 Å². The predicted molar refractivity (Wildman–Crippen MR) is 98.1 cm³/mol. The van der Waals surface area contributed by atoms with E-state index in [1.165, 1.54) is 0 Å². The van der Waals surface area contributed by atoms with Gasteiger partial charge in [-0.25, -0.2) is 9.97 Å². The van der Waals surface area contributed by atoms with Crippen molar-refractivity contribution in [3.8, 4) is 0 Å². The third kappa shape index (κ3) is 4.30. The van der Waals surface area contributed by atoms with Crippen molar-refractivity contribution in [2.45, 2.75) is 6.42 Å². The first-order valence-corrected chi connectivity index (χ1v) is 8.14. The van der Waals surface area contributed by atoms with Crippen molar-refractivity contribution in [1.82, 2.24) is 15.3 Å². The van der Waals surface area contributed by atoms with Crippen LogP contribution in [0.1, 0.15) is 17.0 Å². The second-order valence-corrected chi connectivity index (χ2v) is 5.51. The van der Waals surface area contributed by atoms with Crippen LogP contribution in [0.3, 0.4) is 0 Å². The van der Waals surface area contributed by atoms with E-state index in [-0.39, 0.29) is 11.7 Å². The van der Waals surface area contributed by atoms with Gasteiger partial charge in [0.15, 0.2) is 0 Å². The Bertz CT molecular complexity index is 852. The van der Waals surface area contributed by atoms with Crippen LogP contribution in [0, 0.1) is 0 Å². The molecule has 1 aromatic heterocycles. The summed E-state index contributed by atoms with van der Waals surface area (Å²) in [6.45, 7) is 1.12. The summed E-state index contributed by atoms with van der Waals surface area (Å²) in [5.74, 6) is 0.464. The average Bonchev–Trinajstić information content (AvgIpc) is 2.66. The number of rotatable bonds is 7. The minimum atomic E-state index is -0.294. The number of hydrogen-bond acceptors (Lipinski definition) is 5. The number of amides is 1. The van der Waals surface area contributed by atoms with Gasteiger partial charge < -0.3 is 15.4 Å². The molecule has 0 atom stereocenters. The first-order valence-electron chi connectivity index (χ1n) is 8.14. The van der Waals surface area contributed by atoms with Crippen molar-refractivity contribution in [2.24, 2.45) is 0 Å². The molecule has 0 aliphatic rings. The van der Waals surface area contributed by atoms with Crippen molar-refractivity contribution < 1.29 is 9.53 Å². The number of fused-ring (bicyclic) bond motifs is 1. The maximum atomic E-state index is 12.4. The molecule has 0 unspecified atom stereocenters. The molecule has 25 heavy (non-hydrogen) atoms. The fourth-order valence-corrected chi connectivity index (χ4v) is 2.43. The molecule has 0 aliphatic carbocycles. The summed E-state index contributed by atoms with van der Waals surface area (Å²) < 4.78 is 4.98. The van der Waals surface area contributed by atoms with Crippen LogP contribution < -0.4 is 10.6 Å². The molecule has 1 amide bonds. The largest absolute Gasteiger partial charge is 0.385 e. The second-order valence-electron chi connectivity index (χ2n) is 5.51. The average molecular weight is 336 g/mol. The molecule has 2 aromatic carbocycles. The highest BCUT2D eigenvalue weighted by Crippen LogP contribution is 2.23. The van der Waals surface area contributed by atoms with Crippen LogP contribution in [0.4, 0.5) is 11.5 Å². The zero-order valence-corrected chi connectivity index (χ0v) is 14.0. The van der Waals surface area contributed by atoms with Crippen LogP contribution in [0.2, 0.25) is 0 Å². The smallest absolute Gasteiger partial charge is 0.289 e. The van der Waals surface area contributed by atoms with Gasteiger partial charge in [0.25, 0.3) is 5.91 Å². The van der Waals surface area contributed by atoms with E-state index in [1.54, 1.807) is 7.11 Å². The fraction of sp³-hybridized carbons (Fsp3) is 0.211. The minimum absolute atomic E-state index is 0.148. The van der Waals surface area contributed by atoms with Gasteiger partial charge in [0, 0.05) is 31.3 Å². The van der Waals surface area contributed by atoms with Crippen molar-refractivity contribution in [2.75, 3.05) is 25.6 Å². The lowest BCUT2D eigenvalue weighted by Crippen LogP contribution is -2.27. The number of ether oxygens (including phenoxy) is 1. The number of hydrogen-bond donors (Lipinski definition) is 2. The zero-order chi connectivity index (χ0) is 17.5. The molecule has 0 aliphatic heterocycles. The summed E-state index contributed by atoms with van der Waals surface area (Å²) in [6, 6.07) is 17.3. The van der Waals surface area contributed by atoms with Crippen molar-refractivity contribution in [3.05, 3.63) is 60.4 Å². The highest BCUT2D eigenvalue weighted by atomic mass is 16.5. The summed E-state index contributed by atoms with van der Waals surface area (Å²) in [5, 5.41) is 6.95. The minimum Gasteiger partial charge on any atom is -0.385 e. The third-order valence-corrected chi connectivity index (χ3v) is 3.65. The number of aromatic nitrogens is 2. The van der Waals surface area contributed by atoms with E-state index in [2.05, 4.69) is 20.6 Å². The molecule has 1 heterocycles. The number of para-hydroxylation sites is 2. The molecule has 0 fully saturated rings. The lowest BCUT2D eigenvalue weighted by molar-refractivity contribution is 0.0938. The number of carbonyl (C=O) groups is 1. The second kappa shape index (κ2) is 8.21. The van der Waals surface area contributed by atoms with E-state index < -0.39 is 0 Å². The molecule has 6 heteroatoms. The molecule has 3 aromatic rings. The van der Waals surface area contributed by atoms with Crippen LogP contribution in [0.5, 0.6) is 0 Å². The molecular formula is C19H20N4O2. The lowest BCUT2D eigenvalue weighted by atomic mass is 10.2. The van der Waals surface area contributed by atoms with Crippen LogP contribution in [0.25, 0.3) is 10.9 Å². The Morgan fingerprint density at radius 1 is 1.04 bits per heavy atom. The summed E-state index contributed by atoms with van der Waals surface area (Å²) in [5.41, 5.74) is 1.62. The van der Waals surface area contributed by atoms with Gasteiger partial charge in [0.05, 0.1) is 5.52 Å². The van der Waals surface area contributed by atoms with E-state index in [0.717, 1.165) is 23.0 Å². The maximum Gasteiger partial charge on any atom is 0.289 e. The molecule has 3 rings (SSSR count). The van der Waals surface area contributed by atoms with Gasteiger partial charge in [-0.05, 0) is 30.7 Å². The van der Waals surface area contributed by atoms with Gasteiger partial charge in [0.1, 0.15) is 5.82 Å². The third-order valence-electron chi connectivity index (χ3n) is 3.65. The SMILES string of the molecule is COCCCNC(=O)c1nc(Nc2ccccc2)c2ccccc2n1. The van der Waals surface area contributed by atoms with E-state index in [4.69, 9.17) is 4.74 Å². The fourth-order valence-electron chi connectivity index (χ4n) is 2.43. The number of methoxy groups -OCH3 is 1. The quantitative estimate of drug-likeness (QED) is 0.648. The Balaban J connectivity index is 1.88. The summed E-state index contributed by atoms with van der Waals surface area (Å²) in [4.78, 5) is 21.2. The summed E-state index contributed by atoms with van der Waals surface area (Å²) in [7, 11) is 1.63. The predicted octanol–water partition coefficient (Wildman–Crippen LogP) is 3.14. The molecule has 0 spiro atoms. The van der Waals surface area contributed by atoms with E-state index in [0.29, 0.717) is 19.0 Å². The number of benzene rings is 2. The van der Waals surface area contributed by atoms with E-state index in [9.17, 15) is 4.79 Å². The van der Waals surface area contributed by atoms with Gasteiger partial charge in [-0.3, -0.25) is 4.79 Å².